The number of fused-ring (bicyclic) bond motifs is 10. The summed E-state index contributed by atoms with van der Waals surface area (Å²) >= 11 is 0.131. The predicted octanol–water partition coefficient (Wildman–Crippen LogP) is 17.9. The Morgan fingerprint density at radius 1 is 0.242 bits per heavy atom. The van der Waals surface area contributed by atoms with E-state index in [-0.39, 0.29) is 14.5 Å². The van der Waals surface area contributed by atoms with Crippen LogP contribution in [0.15, 0.2) is 235 Å². The van der Waals surface area contributed by atoms with Gasteiger partial charge in [0.1, 0.15) is 5.58 Å². The summed E-state index contributed by atoms with van der Waals surface area (Å²) in [5.41, 5.74) is 14.4. The Kier molecular flexibility index (Phi) is 8.37. The van der Waals surface area contributed by atoms with Gasteiger partial charge >= 0.3 is 320 Å². The van der Waals surface area contributed by atoms with Gasteiger partial charge in [0.05, 0.1) is 0 Å². The van der Waals surface area contributed by atoms with E-state index in [9.17, 15) is 0 Å². The number of rotatable bonds is 5. The molecular weight excluding hydrogens is 864 g/mol. The average Bonchev–Trinajstić information content (AvgIpc) is 3.95. The Balaban J connectivity index is 0.966. The van der Waals surface area contributed by atoms with Crippen LogP contribution in [0.5, 0.6) is 0 Å². The normalized spacial score (nSPS) is 11.9. The minimum Gasteiger partial charge on any atom is -0.0617 e. The van der Waals surface area contributed by atoms with Gasteiger partial charge in [-0.2, -0.15) is 0 Å². The van der Waals surface area contributed by atoms with Gasteiger partial charge < -0.3 is 4.42 Å². The van der Waals surface area contributed by atoms with Gasteiger partial charge in [-0.15, -0.1) is 0 Å². The Labute approximate surface area is 387 Å². The molecule has 14 aromatic rings. The Bertz CT molecular complexity index is 4160. The molecule has 2 heteroatoms. The minimum absolute atomic E-state index is 0.131. The molecule has 0 radical (unpaired) electrons. The van der Waals surface area contributed by atoms with E-state index in [1.165, 1.54) is 118 Å². The molecule has 0 spiro atoms. The second-order valence-corrected chi connectivity index (χ2v) is 19.6. The molecule has 306 valence electrons. The fourth-order valence-electron chi connectivity index (χ4n) is 11.0. The Hall–Kier alpha value is -8.00. The number of hydrogen-bond donors (Lipinski definition) is 0. The van der Waals surface area contributed by atoms with E-state index in [1.54, 1.807) is 0 Å². The van der Waals surface area contributed by atoms with Crippen molar-refractivity contribution in [2.75, 3.05) is 0 Å². The molecule has 0 bridgehead atoms. The van der Waals surface area contributed by atoms with Crippen LogP contribution in [0, 0.1) is 0 Å². The van der Waals surface area contributed by atoms with Crippen LogP contribution < -0.4 is 0 Å². The molecule has 0 aliphatic rings. The van der Waals surface area contributed by atoms with Crippen LogP contribution in [0.3, 0.4) is 0 Å². The zero-order valence-electron chi connectivity index (χ0n) is 35.8. The van der Waals surface area contributed by atoms with E-state index < -0.39 is 0 Å². The van der Waals surface area contributed by atoms with Gasteiger partial charge in [-0.1, -0.05) is 36.4 Å². The van der Waals surface area contributed by atoms with Gasteiger partial charge in [0.2, 0.25) is 0 Å². The van der Waals surface area contributed by atoms with Gasteiger partial charge in [0.15, 0.2) is 0 Å². The van der Waals surface area contributed by atoms with Crippen molar-refractivity contribution in [3.8, 4) is 55.6 Å². The SMILES string of the molecule is c1ccc(-c2ccc3oc4ccc(-c5c6ccccc6c(-c6ccc7[se]c8c(-c9c%10ccccc%10c(-c%10ccccc%10)c%10ccccc9%10)cccc8c7c6)c6ccccc56)cc4c3c2)cc1. The molecule has 1 nitrogen and oxygen atoms in total. The Morgan fingerprint density at radius 3 is 1.17 bits per heavy atom. The van der Waals surface area contributed by atoms with Crippen molar-refractivity contribution in [2.45, 2.75) is 0 Å². The summed E-state index contributed by atoms with van der Waals surface area (Å²) in [6.07, 6.45) is 0. The molecule has 0 atom stereocenters. The third-order valence-electron chi connectivity index (χ3n) is 13.8. The van der Waals surface area contributed by atoms with Crippen molar-refractivity contribution in [1.29, 1.82) is 0 Å². The van der Waals surface area contributed by atoms with Crippen LogP contribution in [0.25, 0.3) is 140 Å². The van der Waals surface area contributed by atoms with Gasteiger partial charge in [-0.05, 0) is 23.3 Å². The summed E-state index contributed by atoms with van der Waals surface area (Å²) in [4.78, 5) is 0. The molecule has 2 heterocycles. The first-order chi connectivity index (χ1) is 32.7. The van der Waals surface area contributed by atoms with Crippen molar-refractivity contribution >= 4 is 98.8 Å². The second-order valence-electron chi connectivity index (χ2n) is 17.4. The maximum absolute atomic E-state index is 6.44. The third kappa shape index (κ3) is 5.66. The topological polar surface area (TPSA) is 13.1 Å². The quantitative estimate of drug-likeness (QED) is 0.124. The van der Waals surface area contributed by atoms with Crippen LogP contribution in [0.4, 0.5) is 0 Å². The van der Waals surface area contributed by atoms with Crippen molar-refractivity contribution in [1.82, 2.24) is 0 Å². The first kappa shape index (κ1) is 37.4. The smallest absolute Gasteiger partial charge is 0.0617 e. The summed E-state index contributed by atoms with van der Waals surface area (Å²) in [5.74, 6) is 0. The van der Waals surface area contributed by atoms with Crippen LogP contribution in [0.1, 0.15) is 0 Å². The maximum atomic E-state index is 6.44. The molecule has 0 N–H and O–H groups in total. The molecule has 0 aliphatic heterocycles. The molecular formula is C64H38OSe. The fraction of sp³-hybridized carbons (Fsp3) is 0. The standard InChI is InChI=1S/C64H38OSe/c1-3-16-39(17-4-1)41-30-33-57-54(36-41)55-37-42(31-34-58(55)65-57)61-44-20-7-9-22-46(44)62(47-23-10-8-21-45(47)61)43-32-35-59-56(38-43)52-28-15-29-53(64(52)66-59)63-50-26-13-11-24-48(50)60(40-18-5-2-6-19-40)49-25-12-14-27-51(49)63/h1-38H. The molecule has 12 aromatic carbocycles. The van der Waals surface area contributed by atoms with E-state index in [0.717, 1.165) is 21.9 Å². The molecule has 2 aromatic heterocycles. The number of furan rings is 1. The van der Waals surface area contributed by atoms with Gasteiger partial charge in [0.25, 0.3) is 0 Å². The average molecular weight is 902 g/mol. The second kappa shape index (κ2) is 14.8. The van der Waals surface area contributed by atoms with Gasteiger partial charge in [-0.3, -0.25) is 0 Å². The van der Waals surface area contributed by atoms with Crippen LogP contribution in [-0.4, -0.2) is 14.5 Å². The number of benzene rings is 12. The summed E-state index contributed by atoms with van der Waals surface area (Å²) < 4.78 is 9.34. The summed E-state index contributed by atoms with van der Waals surface area (Å²) in [6, 6.07) is 85.1. The van der Waals surface area contributed by atoms with E-state index >= 15 is 0 Å². The molecule has 0 saturated carbocycles. The predicted molar refractivity (Wildman–Crippen MR) is 283 cm³/mol. The third-order valence-corrected chi connectivity index (χ3v) is 16.4. The zero-order valence-corrected chi connectivity index (χ0v) is 37.5. The number of hydrogen-bond acceptors (Lipinski definition) is 1. The minimum atomic E-state index is 0.131. The van der Waals surface area contributed by atoms with E-state index in [0.29, 0.717) is 0 Å². The van der Waals surface area contributed by atoms with Crippen molar-refractivity contribution < 1.29 is 4.42 Å². The van der Waals surface area contributed by atoms with Gasteiger partial charge in [0, 0.05) is 0 Å². The summed E-state index contributed by atoms with van der Waals surface area (Å²) in [5, 5.41) is 15.1. The molecule has 0 aliphatic carbocycles. The molecule has 0 fully saturated rings. The van der Waals surface area contributed by atoms with Crippen molar-refractivity contribution in [2.24, 2.45) is 0 Å². The van der Waals surface area contributed by atoms with Crippen molar-refractivity contribution in [3.05, 3.63) is 231 Å². The van der Waals surface area contributed by atoms with Crippen LogP contribution in [0.2, 0.25) is 0 Å². The first-order valence-corrected chi connectivity index (χ1v) is 24.4. The van der Waals surface area contributed by atoms with Gasteiger partial charge in [-0.25, -0.2) is 0 Å². The van der Waals surface area contributed by atoms with E-state index in [4.69, 9.17) is 4.42 Å². The summed E-state index contributed by atoms with van der Waals surface area (Å²) in [6.45, 7) is 0. The van der Waals surface area contributed by atoms with E-state index in [1.807, 2.05) is 0 Å². The monoisotopic (exact) mass is 902 g/mol. The Morgan fingerprint density at radius 2 is 0.636 bits per heavy atom. The fourth-order valence-corrected chi connectivity index (χ4v) is 13.5. The van der Waals surface area contributed by atoms with E-state index in [2.05, 4.69) is 231 Å². The molecule has 0 amide bonds. The molecule has 14 rings (SSSR count). The van der Waals surface area contributed by atoms with Crippen LogP contribution >= 0.6 is 0 Å². The zero-order chi connectivity index (χ0) is 43.3. The van der Waals surface area contributed by atoms with Crippen molar-refractivity contribution in [3.63, 3.8) is 0 Å². The van der Waals surface area contributed by atoms with Crippen LogP contribution in [-0.2, 0) is 0 Å². The summed E-state index contributed by atoms with van der Waals surface area (Å²) in [7, 11) is 0. The molecule has 0 saturated heterocycles. The molecule has 0 unspecified atom stereocenters. The first-order valence-electron chi connectivity index (χ1n) is 22.7. The molecule has 66 heavy (non-hydrogen) atoms.